The van der Waals surface area contributed by atoms with Gasteiger partial charge >= 0.3 is 0 Å². The van der Waals surface area contributed by atoms with E-state index in [9.17, 15) is 0 Å². The summed E-state index contributed by atoms with van der Waals surface area (Å²) in [4.78, 5) is 2.13. The summed E-state index contributed by atoms with van der Waals surface area (Å²) in [6.45, 7) is 4.18. The fourth-order valence-electron chi connectivity index (χ4n) is 1.72. The largest absolute Gasteiger partial charge is 0.377 e. The molecule has 1 aromatic carbocycles. The van der Waals surface area contributed by atoms with Gasteiger partial charge < -0.3 is 10.6 Å². The summed E-state index contributed by atoms with van der Waals surface area (Å²) in [6, 6.07) is 6.77. The fraction of sp³-hybridized carbons (Fsp3) is 0.500. The van der Waals surface area contributed by atoms with Crippen LogP contribution in [0.4, 0.5) is 5.69 Å². The first-order valence-electron chi connectivity index (χ1n) is 5.03. The molecule has 0 radical (unpaired) electrons. The van der Waals surface area contributed by atoms with Crippen molar-refractivity contribution >= 4 is 5.69 Å². The van der Waals surface area contributed by atoms with Crippen molar-refractivity contribution in [1.82, 2.24) is 0 Å². The predicted molar refractivity (Wildman–Crippen MR) is 62.9 cm³/mol. The van der Waals surface area contributed by atoms with E-state index in [0.29, 0.717) is 0 Å². The van der Waals surface area contributed by atoms with Crippen molar-refractivity contribution < 1.29 is 0 Å². The Labute approximate surface area is 86.7 Å². The molecule has 1 aromatic rings. The van der Waals surface area contributed by atoms with Gasteiger partial charge in [0.05, 0.1) is 0 Å². The van der Waals surface area contributed by atoms with Gasteiger partial charge in [0.15, 0.2) is 0 Å². The summed E-state index contributed by atoms with van der Waals surface area (Å²) >= 11 is 0. The maximum atomic E-state index is 5.76. The van der Waals surface area contributed by atoms with E-state index < -0.39 is 0 Å². The molecule has 0 aliphatic heterocycles. The van der Waals surface area contributed by atoms with E-state index in [1.807, 2.05) is 6.92 Å². The molecular weight excluding hydrogens is 172 g/mol. The molecule has 0 aliphatic rings. The lowest BCUT2D eigenvalue weighted by molar-refractivity contribution is 0.737. The third-order valence-electron chi connectivity index (χ3n) is 2.30. The van der Waals surface area contributed by atoms with Crippen molar-refractivity contribution in [2.24, 2.45) is 5.73 Å². The summed E-state index contributed by atoms with van der Waals surface area (Å²) < 4.78 is 0. The molecular formula is C12H20N2. The van der Waals surface area contributed by atoms with Gasteiger partial charge in [0.1, 0.15) is 0 Å². The first-order chi connectivity index (χ1) is 6.50. The minimum atomic E-state index is 0.236. The van der Waals surface area contributed by atoms with Crippen LogP contribution in [0.5, 0.6) is 0 Å². The lowest BCUT2D eigenvalue weighted by atomic mass is 10.0. The molecule has 0 amide bonds. The topological polar surface area (TPSA) is 29.3 Å². The molecule has 78 valence electrons. The zero-order chi connectivity index (χ0) is 10.7. The number of nitrogens with zero attached hydrogens (tertiary/aromatic N) is 1. The Hall–Kier alpha value is -1.02. The molecule has 14 heavy (non-hydrogen) atoms. The normalized spacial score (nSPS) is 12.6. The molecule has 2 nitrogen and oxygen atoms in total. The lowest BCUT2D eigenvalue weighted by Gasteiger charge is -2.16. The molecule has 0 bridgehead atoms. The van der Waals surface area contributed by atoms with E-state index in [2.05, 4.69) is 44.1 Å². The highest BCUT2D eigenvalue weighted by Gasteiger charge is 2.03. The quantitative estimate of drug-likeness (QED) is 0.793. The Morgan fingerprint density at radius 2 is 2.00 bits per heavy atom. The molecule has 0 saturated heterocycles. The molecule has 0 aliphatic carbocycles. The highest BCUT2D eigenvalue weighted by Crippen LogP contribution is 2.19. The molecule has 0 aromatic heterocycles. The monoisotopic (exact) mass is 192 g/mol. The molecule has 0 spiro atoms. The number of hydrogen-bond donors (Lipinski definition) is 1. The Bertz CT molecular complexity index is 303. The van der Waals surface area contributed by atoms with Crippen LogP contribution in [0.1, 0.15) is 18.1 Å². The van der Waals surface area contributed by atoms with E-state index in [-0.39, 0.29) is 6.04 Å². The third kappa shape index (κ3) is 2.74. The minimum Gasteiger partial charge on any atom is -0.377 e. The number of nitrogens with two attached hydrogens (primary N) is 1. The first kappa shape index (κ1) is 11.1. The van der Waals surface area contributed by atoms with Gasteiger partial charge in [-0.3, -0.25) is 0 Å². The lowest BCUT2D eigenvalue weighted by Crippen LogP contribution is -2.18. The molecule has 2 N–H and O–H groups in total. The van der Waals surface area contributed by atoms with Crippen molar-refractivity contribution in [3.63, 3.8) is 0 Å². The van der Waals surface area contributed by atoms with Gasteiger partial charge in [0.2, 0.25) is 0 Å². The maximum Gasteiger partial charge on any atom is 0.0390 e. The second-order valence-corrected chi connectivity index (χ2v) is 4.20. The molecule has 0 fully saturated rings. The van der Waals surface area contributed by atoms with Crippen LogP contribution in [0.2, 0.25) is 0 Å². The van der Waals surface area contributed by atoms with Gasteiger partial charge in [0, 0.05) is 25.8 Å². The Morgan fingerprint density at radius 3 is 2.43 bits per heavy atom. The van der Waals surface area contributed by atoms with Gasteiger partial charge in [-0.25, -0.2) is 0 Å². The van der Waals surface area contributed by atoms with Gasteiger partial charge in [-0.2, -0.15) is 0 Å². The van der Waals surface area contributed by atoms with Crippen LogP contribution in [-0.2, 0) is 6.42 Å². The van der Waals surface area contributed by atoms with Crippen molar-refractivity contribution in [2.75, 3.05) is 19.0 Å². The molecule has 1 unspecified atom stereocenters. The predicted octanol–water partition coefficient (Wildman–Crippen LogP) is 1.95. The fourth-order valence-corrected chi connectivity index (χ4v) is 1.72. The van der Waals surface area contributed by atoms with E-state index in [4.69, 9.17) is 5.73 Å². The summed E-state index contributed by atoms with van der Waals surface area (Å²) in [5.74, 6) is 0. The maximum absolute atomic E-state index is 5.76. The van der Waals surface area contributed by atoms with Gasteiger partial charge in [-0.1, -0.05) is 12.1 Å². The Kier molecular flexibility index (Phi) is 3.53. The number of hydrogen-bond acceptors (Lipinski definition) is 2. The van der Waals surface area contributed by atoms with E-state index in [1.165, 1.54) is 16.8 Å². The van der Waals surface area contributed by atoms with Crippen molar-refractivity contribution in [1.29, 1.82) is 0 Å². The number of anilines is 1. The van der Waals surface area contributed by atoms with Crippen molar-refractivity contribution in [3.8, 4) is 0 Å². The van der Waals surface area contributed by atoms with E-state index >= 15 is 0 Å². The Balaban J connectivity index is 2.89. The highest BCUT2D eigenvalue weighted by molar-refractivity contribution is 5.53. The summed E-state index contributed by atoms with van der Waals surface area (Å²) in [7, 11) is 4.13. The molecule has 0 saturated carbocycles. The number of rotatable bonds is 3. The number of benzene rings is 1. The van der Waals surface area contributed by atoms with Gasteiger partial charge in [-0.05, 0) is 37.5 Å². The SMILES string of the molecule is Cc1cc(CC(C)N)ccc1N(C)C. The van der Waals surface area contributed by atoms with Crippen molar-refractivity contribution in [2.45, 2.75) is 26.3 Å². The summed E-state index contributed by atoms with van der Waals surface area (Å²) in [5, 5.41) is 0. The molecule has 1 rings (SSSR count). The Morgan fingerprint density at radius 1 is 1.36 bits per heavy atom. The zero-order valence-corrected chi connectivity index (χ0v) is 9.54. The van der Waals surface area contributed by atoms with Crippen LogP contribution in [-0.4, -0.2) is 20.1 Å². The molecule has 0 heterocycles. The van der Waals surface area contributed by atoms with Crippen LogP contribution >= 0.6 is 0 Å². The number of aryl methyl sites for hydroxylation is 1. The van der Waals surface area contributed by atoms with Gasteiger partial charge in [-0.15, -0.1) is 0 Å². The average molecular weight is 192 g/mol. The van der Waals surface area contributed by atoms with Gasteiger partial charge in [0.25, 0.3) is 0 Å². The average Bonchev–Trinajstić information content (AvgIpc) is 2.01. The minimum absolute atomic E-state index is 0.236. The zero-order valence-electron chi connectivity index (χ0n) is 9.54. The van der Waals surface area contributed by atoms with Crippen LogP contribution in [0.25, 0.3) is 0 Å². The smallest absolute Gasteiger partial charge is 0.0390 e. The van der Waals surface area contributed by atoms with Crippen LogP contribution in [0.3, 0.4) is 0 Å². The van der Waals surface area contributed by atoms with Crippen LogP contribution in [0.15, 0.2) is 18.2 Å². The second-order valence-electron chi connectivity index (χ2n) is 4.20. The first-order valence-corrected chi connectivity index (χ1v) is 5.03. The molecule has 1 atom stereocenters. The summed E-state index contributed by atoms with van der Waals surface area (Å²) in [6.07, 6.45) is 0.953. The van der Waals surface area contributed by atoms with Crippen LogP contribution < -0.4 is 10.6 Å². The second kappa shape index (κ2) is 4.47. The van der Waals surface area contributed by atoms with Crippen LogP contribution in [0, 0.1) is 6.92 Å². The molecule has 2 heteroatoms. The van der Waals surface area contributed by atoms with E-state index in [1.54, 1.807) is 0 Å². The van der Waals surface area contributed by atoms with E-state index in [0.717, 1.165) is 6.42 Å². The highest BCUT2D eigenvalue weighted by atomic mass is 15.1. The summed E-state index contributed by atoms with van der Waals surface area (Å²) in [5.41, 5.74) is 9.67. The third-order valence-corrected chi connectivity index (χ3v) is 2.30. The van der Waals surface area contributed by atoms with Crippen molar-refractivity contribution in [3.05, 3.63) is 29.3 Å². The standard InChI is InChI=1S/C12H20N2/c1-9-7-11(8-10(2)13)5-6-12(9)14(3)4/h5-7,10H,8,13H2,1-4H3.